The molecular weight excluding hydrogens is 470 g/mol. The van der Waals surface area contributed by atoms with Crippen molar-refractivity contribution in [2.24, 2.45) is 24.8 Å². The van der Waals surface area contributed by atoms with E-state index >= 15 is 0 Å². The summed E-state index contributed by atoms with van der Waals surface area (Å²) in [5.41, 5.74) is 6.42. The third-order valence-electron chi connectivity index (χ3n) is 8.20. The van der Waals surface area contributed by atoms with Gasteiger partial charge in [0.25, 0.3) is 0 Å². The fourth-order valence-electron chi connectivity index (χ4n) is 6.21. The first-order chi connectivity index (χ1) is 18.9. The highest BCUT2D eigenvalue weighted by atomic mass is 16.2. The number of amides is 1. The fourth-order valence-corrected chi connectivity index (χ4v) is 6.21. The fraction of sp³-hybridized carbons (Fsp3) is 0.303. The lowest BCUT2D eigenvalue weighted by Gasteiger charge is -2.30. The maximum absolute atomic E-state index is 14.1. The van der Waals surface area contributed by atoms with Crippen LogP contribution in [0, 0.1) is 17.8 Å². The van der Waals surface area contributed by atoms with Gasteiger partial charge in [-0.2, -0.15) is 0 Å². The summed E-state index contributed by atoms with van der Waals surface area (Å²) in [6.45, 7) is 0.638. The lowest BCUT2D eigenvalue weighted by Crippen LogP contribution is -2.38. The van der Waals surface area contributed by atoms with Crippen molar-refractivity contribution in [3.63, 3.8) is 0 Å². The van der Waals surface area contributed by atoms with Crippen molar-refractivity contribution < 1.29 is 11.0 Å². The summed E-state index contributed by atoms with van der Waals surface area (Å²) < 4.78 is 11.3. The Balaban J connectivity index is 1.32. The lowest BCUT2D eigenvalue weighted by molar-refractivity contribution is -0.124. The molecule has 2 bridgehead atoms. The molecule has 2 fully saturated rings. The van der Waals surface area contributed by atoms with Gasteiger partial charge in [-0.25, -0.2) is 4.98 Å². The summed E-state index contributed by atoms with van der Waals surface area (Å²) >= 11 is 0. The molecule has 4 aromatic rings. The lowest BCUT2D eigenvalue weighted by atomic mass is 9.87. The predicted octanol–water partition coefficient (Wildman–Crippen LogP) is 6.81. The Hall–Kier alpha value is -3.99. The summed E-state index contributed by atoms with van der Waals surface area (Å²) in [6.07, 6.45) is 9.48. The van der Waals surface area contributed by atoms with Crippen molar-refractivity contribution in [1.82, 2.24) is 9.55 Å². The Kier molecular flexibility index (Phi) is 6.12. The quantitative estimate of drug-likeness (QED) is 0.260. The van der Waals surface area contributed by atoms with Crippen molar-refractivity contribution in [3.8, 4) is 11.1 Å². The molecule has 38 heavy (non-hydrogen) atoms. The minimum Gasteiger partial charge on any atom is -0.334 e. The van der Waals surface area contributed by atoms with E-state index < -0.39 is 6.52 Å². The molecule has 192 valence electrons. The first-order valence-corrected chi connectivity index (χ1v) is 13.4. The number of fused-ring (bicyclic) bond motifs is 3. The molecule has 0 N–H and O–H groups in total. The first kappa shape index (κ1) is 23.2. The van der Waals surface area contributed by atoms with Gasteiger partial charge in [0, 0.05) is 18.7 Å². The molecule has 2 saturated carbocycles. The third-order valence-corrected chi connectivity index (χ3v) is 8.20. The topological polar surface area (TPSA) is 55.2 Å². The Morgan fingerprint density at radius 2 is 1.87 bits per heavy atom. The first-order valence-electron chi connectivity index (χ1n) is 14.0. The highest BCUT2D eigenvalue weighted by Crippen LogP contribution is 2.49. The molecule has 6 rings (SSSR count). The van der Waals surface area contributed by atoms with Crippen LogP contribution >= 0.6 is 0 Å². The number of benzene rings is 3. The maximum Gasteiger partial charge on any atom is 0.230 e. The monoisotopic (exact) mass is 504 g/mol. The molecule has 0 radical (unpaired) electrons. The normalized spacial score (nSPS) is 21.6. The number of hydrogen-bond acceptors (Lipinski definition) is 3. The molecule has 0 saturated heterocycles. The molecule has 1 amide bonds. The number of hydrogen-bond donors (Lipinski definition) is 0. The maximum atomic E-state index is 14.1. The van der Waals surface area contributed by atoms with Crippen LogP contribution in [0.1, 0.15) is 45.1 Å². The molecule has 2 aliphatic rings. The number of nitrogens with zero attached hydrogens (tertiary/aromatic N) is 3. The summed E-state index contributed by atoms with van der Waals surface area (Å²) in [4.78, 5) is 31.7. The van der Waals surface area contributed by atoms with Crippen LogP contribution in [0.3, 0.4) is 0 Å². The third kappa shape index (κ3) is 4.81. The van der Waals surface area contributed by atoms with Crippen molar-refractivity contribution in [3.05, 3.63) is 90.3 Å². The predicted molar refractivity (Wildman–Crippen MR) is 152 cm³/mol. The van der Waals surface area contributed by atoms with E-state index in [1.165, 1.54) is 19.4 Å². The zero-order chi connectivity index (χ0) is 27.1. The molecule has 5 nitrogen and oxygen atoms in total. The van der Waals surface area contributed by atoms with E-state index in [0.29, 0.717) is 17.5 Å². The Labute approximate surface area is 225 Å². The van der Waals surface area contributed by atoms with E-state index in [-0.39, 0.29) is 17.6 Å². The summed E-state index contributed by atoms with van der Waals surface area (Å²) in [6, 6.07) is 21.8. The number of aromatic nitrogens is 2. The number of rotatable bonds is 7. The minimum atomic E-state index is -0.879. The van der Waals surface area contributed by atoms with Crippen molar-refractivity contribution in [2.75, 3.05) is 4.90 Å². The van der Waals surface area contributed by atoms with E-state index in [1.807, 2.05) is 66.5 Å². The van der Waals surface area contributed by atoms with Gasteiger partial charge in [-0.3, -0.25) is 9.59 Å². The number of carbonyl (C=O) groups is 2. The largest absolute Gasteiger partial charge is 0.334 e. The highest BCUT2D eigenvalue weighted by Gasteiger charge is 2.44. The Morgan fingerprint density at radius 3 is 2.61 bits per heavy atom. The van der Waals surface area contributed by atoms with Crippen LogP contribution in [0.2, 0.25) is 0 Å². The second-order valence-electron chi connectivity index (χ2n) is 10.8. The van der Waals surface area contributed by atoms with E-state index in [0.717, 1.165) is 52.5 Å². The standard InChI is InChI=1S/C33H33N3O2/c1-22(37)6-7-23-4-3-5-29(17-23)36(33(38)30-18-25-10-13-28(30)16-25)20-24-8-11-26(12-9-24)27-14-15-32-31(19-27)34-21-35(32)2/h3-9,11-12,14-15,17,19,21,25,28,30H,10,13,16,18,20H2,1-2H3/b7-6+/t25-,28+,30-/m1/s1/i20D/t20?,25-,28+,30-. The molecule has 0 aliphatic heterocycles. The molecule has 1 aromatic heterocycles. The van der Waals surface area contributed by atoms with Crippen molar-refractivity contribution in [2.45, 2.75) is 39.1 Å². The Bertz CT molecular complexity index is 1570. The summed E-state index contributed by atoms with van der Waals surface area (Å²) in [5, 5.41) is 0. The van der Waals surface area contributed by atoms with E-state index in [4.69, 9.17) is 0 Å². The van der Waals surface area contributed by atoms with Gasteiger partial charge in [-0.15, -0.1) is 0 Å². The van der Waals surface area contributed by atoms with Crippen molar-refractivity contribution >= 4 is 34.5 Å². The molecule has 2 aliphatic carbocycles. The second kappa shape index (κ2) is 10.1. The van der Waals surface area contributed by atoms with Gasteiger partial charge >= 0.3 is 0 Å². The summed E-state index contributed by atoms with van der Waals surface area (Å²) in [7, 11) is 1.98. The van der Waals surface area contributed by atoms with Crippen LogP contribution in [0.25, 0.3) is 28.2 Å². The van der Waals surface area contributed by atoms with Gasteiger partial charge in [-0.05, 0) is 90.6 Å². The van der Waals surface area contributed by atoms with Gasteiger partial charge in [0.1, 0.15) is 0 Å². The zero-order valence-corrected chi connectivity index (χ0v) is 21.9. The summed E-state index contributed by atoms with van der Waals surface area (Å²) in [5.74, 6) is 1.03. The number of anilines is 1. The van der Waals surface area contributed by atoms with Crippen LogP contribution in [0.4, 0.5) is 5.69 Å². The van der Waals surface area contributed by atoms with Gasteiger partial charge in [0.2, 0.25) is 5.91 Å². The molecule has 4 atom stereocenters. The van der Waals surface area contributed by atoms with Crippen LogP contribution in [0.5, 0.6) is 0 Å². The number of ketones is 1. The number of aryl methyl sites for hydroxylation is 1. The van der Waals surface area contributed by atoms with Crippen LogP contribution < -0.4 is 4.90 Å². The van der Waals surface area contributed by atoms with E-state index in [9.17, 15) is 11.0 Å². The minimum absolute atomic E-state index is 0.0302. The number of allylic oxidation sites excluding steroid dienone is 1. The number of carbonyl (C=O) groups excluding carboxylic acids is 2. The van der Waals surface area contributed by atoms with Crippen LogP contribution in [0.15, 0.2) is 79.1 Å². The SMILES string of the molecule is [2H]C(c1ccc(-c2ccc3c(c2)ncn3C)cc1)N(C(=O)[C@@H]1C[C@@H]2CC[C@H]1C2)c1cccc(/C=C/C(C)=O)c1. The smallest absolute Gasteiger partial charge is 0.230 e. The molecular formula is C33H33N3O2. The van der Waals surface area contributed by atoms with E-state index in [1.54, 1.807) is 11.0 Å². The molecule has 1 heterocycles. The van der Waals surface area contributed by atoms with Gasteiger partial charge in [0.05, 0.1) is 25.3 Å². The molecule has 3 aromatic carbocycles. The van der Waals surface area contributed by atoms with Crippen molar-refractivity contribution in [1.29, 1.82) is 0 Å². The van der Waals surface area contributed by atoms with Gasteiger partial charge in [-0.1, -0.05) is 55.0 Å². The zero-order valence-electron chi connectivity index (χ0n) is 22.9. The molecule has 1 unspecified atom stereocenters. The van der Waals surface area contributed by atoms with Gasteiger partial charge in [0.15, 0.2) is 5.78 Å². The average molecular weight is 505 g/mol. The average Bonchev–Trinajstić information content (AvgIpc) is 3.68. The number of imidazole rings is 1. The van der Waals surface area contributed by atoms with Crippen LogP contribution in [-0.4, -0.2) is 21.2 Å². The Morgan fingerprint density at radius 1 is 1.05 bits per heavy atom. The van der Waals surface area contributed by atoms with E-state index in [2.05, 4.69) is 23.2 Å². The van der Waals surface area contributed by atoms with Crippen LogP contribution in [-0.2, 0) is 23.2 Å². The molecule has 0 spiro atoms. The second-order valence-corrected chi connectivity index (χ2v) is 10.8. The molecule has 5 heteroatoms. The van der Waals surface area contributed by atoms with Gasteiger partial charge < -0.3 is 9.47 Å². The highest BCUT2D eigenvalue weighted by molar-refractivity contribution is 5.96.